The van der Waals surface area contributed by atoms with Crippen molar-refractivity contribution in [2.45, 2.75) is 38.4 Å². The zero-order valence-electron chi connectivity index (χ0n) is 24.4. The number of fused-ring (bicyclic) bond motifs is 1. The number of likely N-dealkylation sites (tertiary alicyclic amines) is 1. The van der Waals surface area contributed by atoms with Gasteiger partial charge in [0.25, 0.3) is 0 Å². The monoisotopic (exact) mass is 584 g/mol. The Labute approximate surface area is 248 Å². The summed E-state index contributed by atoms with van der Waals surface area (Å²) in [5.74, 6) is -0.819. The van der Waals surface area contributed by atoms with E-state index >= 15 is 0 Å². The number of imidazole rings is 1. The van der Waals surface area contributed by atoms with Gasteiger partial charge in [-0.25, -0.2) is 19.2 Å². The van der Waals surface area contributed by atoms with Crippen LogP contribution in [0.1, 0.15) is 59.4 Å². The molecule has 5 aromatic rings. The molecule has 4 heterocycles. The Kier molecular flexibility index (Phi) is 7.20. The first-order valence-corrected chi connectivity index (χ1v) is 14.3. The normalized spacial score (nSPS) is 15.2. The Morgan fingerprint density at radius 1 is 1.17 bits per heavy atom. The van der Waals surface area contributed by atoms with Crippen molar-refractivity contribution < 1.29 is 21.8 Å². The summed E-state index contributed by atoms with van der Waals surface area (Å²) in [5, 5.41) is 18.5. The number of aromatic carboxylic acids is 1. The second-order valence-electron chi connectivity index (χ2n) is 10.1. The van der Waals surface area contributed by atoms with E-state index in [2.05, 4.69) is 19.4 Å². The van der Waals surface area contributed by atoms with Gasteiger partial charge in [0.15, 0.2) is 0 Å². The van der Waals surface area contributed by atoms with E-state index in [0.29, 0.717) is 13.1 Å². The van der Waals surface area contributed by atoms with Crippen molar-refractivity contribution in [3.63, 3.8) is 0 Å². The maximum atomic E-state index is 14.5. The first kappa shape index (κ1) is 25.1. The maximum Gasteiger partial charge on any atom is 0.335 e. The Bertz CT molecular complexity index is 1870. The molecule has 42 heavy (non-hydrogen) atoms. The van der Waals surface area contributed by atoms with Gasteiger partial charge in [-0.15, -0.1) is 11.3 Å². The van der Waals surface area contributed by atoms with Crippen LogP contribution in [-0.2, 0) is 19.6 Å². The number of nitrogens with zero attached hydrogens (tertiary/aromatic N) is 6. The van der Waals surface area contributed by atoms with Gasteiger partial charge in [0, 0.05) is 34.3 Å². The molecule has 0 bridgehead atoms. The highest BCUT2D eigenvalue weighted by molar-refractivity contribution is 7.09. The molecule has 212 valence electrons. The number of hydrogen-bond donors (Lipinski definition) is 1. The van der Waals surface area contributed by atoms with E-state index in [0.717, 1.165) is 59.4 Å². The lowest BCUT2D eigenvalue weighted by atomic mass is 9.93. The molecule has 0 saturated carbocycles. The van der Waals surface area contributed by atoms with Crippen LogP contribution in [0.3, 0.4) is 0 Å². The van der Waals surface area contributed by atoms with E-state index in [1.54, 1.807) is 35.8 Å². The minimum atomic E-state index is -2.48. The Hall–Kier alpha value is -4.66. The molecule has 1 N–H and O–H groups in total. The summed E-state index contributed by atoms with van der Waals surface area (Å²) in [6.45, 7) is 0.211. The SMILES string of the molecule is [2H]C([2H])(Oc1cccc(C2CCN(Cc3nc4ccc(C(=O)O)cc4n3Cc3cncs3)CC2)n1)c1ccc(C#N)cc1F. The molecule has 6 rings (SSSR count). The number of carboxylic acids is 1. The number of nitriles is 1. The Morgan fingerprint density at radius 3 is 2.76 bits per heavy atom. The number of carboxylic acid groups (broad SMARTS) is 1. The molecule has 9 nitrogen and oxygen atoms in total. The van der Waals surface area contributed by atoms with Crippen molar-refractivity contribution in [2.75, 3.05) is 13.1 Å². The lowest BCUT2D eigenvalue weighted by molar-refractivity contribution is 0.0697. The maximum absolute atomic E-state index is 14.5. The van der Waals surface area contributed by atoms with Gasteiger partial charge >= 0.3 is 5.97 Å². The molecule has 1 aliphatic heterocycles. The van der Waals surface area contributed by atoms with Gasteiger partial charge in [-0.1, -0.05) is 12.1 Å². The van der Waals surface area contributed by atoms with Gasteiger partial charge in [0.2, 0.25) is 5.88 Å². The van der Waals surface area contributed by atoms with Crippen LogP contribution in [-0.4, -0.2) is 48.6 Å². The molecule has 0 aliphatic carbocycles. The fourth-order valence-corrected chi connectivity index (χ4v) is 5.74. The predicted molar refractivity (Wildman–Crippen MR) is 155 cm³/mol. The number of aromatic nitrogens is 4. The number of rotatable bonds is 9. The summed E-state index contributed by atoms with van der Waals surface area (Å²) in [4.78, 5) is 28.6. The highest BCUT2D eigenvalue weighted by atomic mass is 32.1. The summed E-state index contributed by atoms with van der Waals surface area (Å²) in [5.41, 5.74) is 4.06. The molecule has 1 aliphatic rings. The van der Waals surface area contributed by atoms with Crippen LogP contribution < -0.4 is 4.74 Å². The van der Waals surface area contributed by atoms with E-state index in [-0.39, 0.29) is 28.5 Å². The van der Waals surface area contributed by atoms with Crippen molar-refractivity contribution in [1.82, 2.24) is 24.4 Å². The average Bonchev–Trinajstić information content (AvgIpc) is 3.65. The third-order valence-corrected chi connectivity index (χ3v) is 8.12. The third kappa shape index (κ3) is 6.00. The van der Waals surface area contributed by atoms with Gasteiger partial charge < -0.3 is 14.4 Å². The molecule has 3 aromatic heterocycles. The van der Waals surface area contributed by atoms with Crippen LogP contribution >= 0.6 is 11.3 Å². The van der Waals surface area contributed by atoms with Crippen molar-refractivity contribution in [3.8, 4) is 11.9 Å². The quantitative estimate of drug-likeness (QED) is 0.238. The zero-order chi connectivity index (χ0) is 30.8. The molecule has 11 heteroatoms. The Morgan fingerprint density at radius 2 is 2.02 bits per heavy atom. The number of thiazole rings is 1. The molecule has 0 spiro atoms. The fourth-order valence-electron chi connectivity index (χ4n) is 5.16. The number of ether oxygens (including phenoxy) is 1. The van der Waals surface area contributed by atoms with Crippen molar-refractivity contribution in [2.24, 2.45) is 0 Å². The number of benzene rings is 2. The van der Waals surface area contributed by atoms with E-state index < -0.39 is 18.3 Å². The number of carbonyl (C=O) groups is 1. The van der Waals surface area contributed by atoms with Crippen molar-refractivity contribution >= 4 is 28.3 Å². The molecular formula is C31H27FN6O3S. The molecule has 0 amide bonds. The lowest BCUT2D eigenvalue weighted by Gasteiger charge is -2.31. The molecule has 0 radical (unpaired) electrons. The molecular weight excluding hydrogens is 555 g/mol. The predicted octanol–water partition coefficient (Wildman–Crippen LogP) is 5.60. The van der Waals surface area contributed by atoms with Crippen molar-refractivity contribution in [3.05, 3.63) is 105 Å². The van der Waals surface area contributed by atoms with Crippen LogP contribution in [0.15, 0.2) is 66.3 Å². The first-order chi connectivity index (χ1) is 21.2. The largest absolute Gasteiger partial charge is 0.478 e. The highest BCUT2D eigenvalue weighted by Gasteiger charge is 2.24. The number of hydrogen-bond acceptors (Lipinski definition) is 8. The van der Waals surface area contributed by atoms with Crippen LogP contribution in [0.4, 0.5) is 4.39 Å². The van der Waals surface area contributed by atoms with E-state index in [1.807, 2.05) is 18.3 Å². The zero-order valence-corrected chi connectivity index (χ0v) is 23.2. The Balaban J connectivity index is 1.15. The molecule has 1 saturated heterocycles. The van der Waals surface area contributed by atoms with E-state index in [9.17, 15) is 14.3 Å². The summed E-state index contributed by atoms with van der Waals surface area (Å²) in [6.07, 6.45) is 3.43. The summed E-state index contributed by atoms with van der Waals surface area (Å²) in [7, 11) is 0. The fraction of sp³-hybridized carbons (Fsp3) is 0.258. The van der Waals surface area contributed by atoms with Crippen LogP contribution in [0, 0.1) is 17.1 Å². The second kappa shape index (κ2) is 12.1. The number of pyridine rings is 1. The minimum Gasteiger partial charge on any atom is -0.478 e. The molecule has 2 aromatic carbocycles. The smallest absolute Gasteiger partial charge is 0.335 e. The third-order valence-electron chi connectivity index (χ3n) is 7.35. The topological polar surface area (TPSA) is 117 Å². The number of piperidine rings is 1. The van der Waals surface area contributed by atoms with Gasteiger partial charge in [0.05, 0.1) is 49.6 Å². The molecule has 1 fully saturated rings. The molecule has 0 atom stereocenters. The lowest BCUT2D eigenvalue weighted by Crippen LogP contribution is -2.33. The van der Waals surface area contributed by atoms with E-state index in [1.165, 1.54) is 23.5 Å². The second-order valence-corrected chi connectivity index (χ2v) is 11.0. The van der Waals surface area contributed by atoms with Gasteiger partial charge in [-0.2, -0.15) is 5.26 Å². The van der Waals surface area contributed by atoms with Gasteiger partial charge in [-0.05, 0) is 62.3 Å². The van der Waals surface area contributed by atoms with Gasteiger partial charge in [0.1, 0.15) is 18.2 Å². The summed E-state index contributed by atoms with van der Waals surface area (Å²) in [6, 6.07) is 15.5. The first-order valence-electron chi connectivity index (χ1n) is 14.4. The number of halogens is 1. The molecule has 0 unspecified atom stereocenters. The van der Waals surface area contributed by atoms with Crippen LogP contribution in [0.5, 0.6) is 5.88 Å². The van der Waals surface area contributed by atoms with Crippen LogP contribution in [0.25, 0.3) is 11.0 Å². The van der Waals surface area contributed by atoms with Crippen LogP contribution in [0.2, 0.25) is 0 Å². The summed E-state index contributed by atoms with van der Waals surface area (Å²) >= 11 is 1.54. The standard InChI is InChI=1S/C31H27FN6O3S/c32-25-12-20(14-33)4-5-23(25)18-41-30-3-1-2-26(36-30)21-8-10-37(11-9-21)17-29-35-27-7-6-22(31(39)40)13-28(27)38(29)16-24-15-34-19-42-24/h1-7,12-13,15,19,21H,8-11,16-18H2,(H,39,40)/i18D2. The highest BCUT2D eigenvalue weighted by Crippen LogP contribution is 2.30. The summed E-state index contributed by atoms with van der Waals surface area (Å²) < 4.78 is 38.7. The van der Waals surface area contributed by atoms with Gasteiger partial charge in [-0.3, -0.25) is 9.88 Å². The van der Waals surface area contributed by atoms with Crippen molar-refractivity contribution in [1.29, 1.82) is 5.26 Å². The van der Waals surface area contributed by atoms with E-state index in [4.69, 9.17) is 17.7 Å². The minimum absolute atomic E-state index is 0.0520. The average molecular weight is 585 g/mol.